The summed E-state index contributed by atoms with van der Waals surface area (Å²) in [5, 5.41) is 3.08. The van der Waals surface area contributed by atoms with Crippen molar-refractivity contribution in [2.24, 2.45) is 17.6 Å². The molecular formula is C18H29N3O. The van der Waals surface area contributed by atoms with Gasteiger partial charge in [-0.2, -0.15) is 0 Å². The normalized spacial score (nSPS) is 23.7. The van der Waals surface area contributed by atoms with Crippen LogP contribution in [0.2, 0.25) is 0 Å². The molecule has 1 aromatic rings. The van der Waals surface area contributed by atoms with Crippen LogP contribution in [0.15, 0.2) is 30.3 Å². The first kappa shape index (κ1) is 17.0. The first-order chi connectivity index (χ1) is 10.5. The van der Waals surface area contributed by atoms with Crippen LogP contribution < -0.4 is 11.1 Å². The lowest BCUT2D eigenvalue weighted by atomic mass is 9.89. The fraction of sp³-hybridized carbons (Fsp3) is 0.611. The molecule has 0 radical (unpaired) electrons. The SMILES string of the molecule is CC(C)C(C)NC(=O)CN1C[C@@H](CN)[C@H](c2ccccc2)C1. The van der Waals surface area contributed by atoms with Crippen molar-refractivity contribution in [2.45, 2.75) is 32.7 Å². The lowest BCUT2D eigenvalue weighted by molar-refractivity contribution is -0.122. The van der Waals surface area contributed by atoms with Crippen molar-refractivity contribution in [1.29, 1.82) is 0 Å². The molecule has 1 heterocycles. The first-order valence-corrected chi connectivity index (χ1v) is 8.28. The minimum Gasteiger partial charge on any atom is -0.352 e. The molecule has 4 nitrogen and oxygen atoms in total. The maximum absolute atomic E-state index is 12.2. The topological polar surface area (TPSA) is 58.4 Å². The van der Waals surface area contributed by atoms with Gasteiger partial charge in [0, 0.05) is 25.0 Å². The van der Waals surface area contributed by atoms with E-state index in [1.165, 1.54) is 5.56 Å². The van der Waals surface area contributed by atoms with E-state index >= 15 is 0 Å². The third-order valence-electron chi connectivity index (χ3n) is 4.80. The number of nitrogens with one attached hydrogen (secondary N) is 1. The Morgan fingerprint density at radius 1 is 1.27 bits per heavy atom. The van der Waals surface area contributed by atoms with Gasteiger partial charge in [-0.05, 0) is 30.9 Å². The summed E-state index contributed by atoms with van der Waals surface area (Å²) in [6.45, 7) is 9.25. The molecule has 1 unspecified atom stereocenters. The van der Waals surface area contributed by atoms with Gasteiger partial charge in [0.05, 0.1) is 6.54 Å². The molecule has 0 bridgehead atoms. The lowest BCUT2D eigenvalue weighted by Gasteiger charge is -2.20. The third kappa shape index (κ3) is 4.31. The highest BCUT2D eigenvalue weighted by atomic mass is 16.2. The predicted octanol–water partition coefficient (Wildman–Crippen LogP) is 1.82. The van der Waals surface area contributed by atoms with E-state index in [1.807, 2.05) is 6.07 Å². The Morgan fingerprint density at radius 3 is 2.55 bits per heavy atom. The Morgan fingerprint density at radius 2 is 1.95 bits per heavy atom. The molecule has 1 amide bonds. The molecule has 3 N–H and O–H groups in total. The van der Waals surface area contributed by atoms with Crippen molar-refractivity contribution in [3.8, 4) is 0 Å². The van der Waals surface area contributed by atoms with E-state index in [2.05, 4.69) is 55.3 Å². The first-order valence-electron chi connectivity index (χ1n) is 8.28. The fourth-order valence-corrected chi connectivity index (χ4v) is 3.08. The molecule has 1 aliphatic rings. The van der Waals surface area contributed by atoms with Gasteiger partial charge in [-0.15, -0.1) is 0 Å². The Balaban J connectivity index is 1.93. The van der Waals surface area contributed by atoms with Gasteiger partial charge in [0.1, 0.15) is 0 Å². The molecule has 0 saturated carbocycles. The van der Waals surface area contributed by atoms with Gasteiger partial charge in [0.2, 0.25) is 5.91 Å². The molecule has 0 aliphatic carbocycles. The number of nitrogens with two attached hydrogens (primary N) is 1. The van der Waals surface area contributed by atoms with Crippen molar-refractivity contribution in [3.63, 3.8) is 0 Å². The summed E-state index contributed by atoms with van der Waals surface area (Å²) in [7, 11) is 0. The minimum absolute atomic E-state index is 0.116. The number of rotatable bonds is 6. The zero-order chi connectivity index (χ0) is 16.1. The molecule has 1 fully saturated rings. The predicted molar refractivity (Wildman–Crippen MR) is 90.6 cm³/mol. The summed E-state index contributed by atoms with van der Waals surface area (Å²) in [5.74, 6) is 1.43. The summed E-state index contributed by atoms with van der Waals surface area (Å²) < 4.78 is 0. The van der Waals surface area contributed by atoms with Gasteiger partial charge in [-0.25, -0.2) is 0 Å². The molecule has 1 aromatic carbocycles. The van der Waals surface area contributed by atoms with Crippen molar-refractivity contribution in [2.75, 3.05) is 26.2 Å². The standard InChI is InChI=1S/C18H29N3O/c1-13(2)14(3)20-18(22)12-21-10-16(9-19)17(11-21)15-7-5-4-6-8-15/h4-8,13-14,16-17H,9-12,19H2,1-3H3,(H,20,22)/t14?,16-,17+/m1/s1. The van der Waals surface area contributed by atoms with Gasteiger partial charge < -0.3 is 11.1 Å². The quantitative estimate of drug-likeness (QED) is 0.843. The van der Waals surface area contributed by atoms with Crippen molar-refractivity contribution >= 4 is 5.91 Å². The highest BCUT2D eigenvalue weighted by Crippen LogP contribution is 2.31. The van der Waals surface area contributed by atoms with Crippen LogP contribution >= 0.6 is 0 Å². The lowest BCUT2D eigenvalue weighted by Crippen LogP contribution is -2.42. The molecule has 4 heteroatoms. The summed E-state index contributed by atoms with van der Waals surface area (Å²) in [6, 6.07) is 10.7. The second kappa shape index (κ2) is 7.75. The van der Waals surface area contributed by atoms with E-state index in [0.717, 1.165) is 13.1 Å². The molecule has 22 heavy (non-hydrogen) atoms. The van der Waals surface area contributed by atoms with Gasteiger partial charge in [0.25, 0.3) is 0 Å². The third-order valence-corrected chi connectivity index (χ3v) is 4.80. The molecule has 2 rings (SSSR count). The summed E-state index contributed by atoms with van der Waals surface area (Å²) in [6.07, 6.45) is 0. The molecule has 1 aliphatic heterocycles. The van der Waals surface area contributed by atoms with Crippen LogP contribution in [0.5, 0.6) is 0 Å². The van der Waals surface area contributed by atoms with Crippen molar-refractivity contribution < 1.29 is 4.79 Å². The monoisotopic (exact) mass is 303 g/mol. The number of likely N-dealkylation sites (tertiary alicyclic amines) is 1. The number of amides is 1. The van der Waals surface area contributed by atoms with E-state index in [0.29, 0.717) is 30.8 Å². The highest BCUT2D eigenvalue weighted by molar-refractivity contribution is 5.78. The summed E-state index contributed by atoms with van der Waals surface area (Å²) >= 11 is 0. The number of benzene rings is 1. The smallest absolute Gasteiger partial charge is 0.234 e. The van der Waals surface area contributed by atoms with Gasteiger partial charge in [0.15, 0.2) is 0 Å². The molecule has 122 valence electrons. The Bertz CT molecular complexity index is 474. The van der Waals surface area contributed by atoms with Crippen molar-refractivity contribution in [3.05, 3.63) is 35.9 Å². The maximum atomic E-state index is 12.2. The fourth-order valence-electron chi connectivity index (χ4n) is 3.08. The molecule has 1 saturated heterocycles. The van der Waals surface area contributed by atoms with Crippen LogP contribution in [-0.2, 0) is 4.79 Å². The Kier molecular flexibility index (Phi) is 5.98. The van der Waals surface area contributed by atoms with Crippen LogP contribution in [0.25, 0.3) is 0 Å². The zero-order valence-electron chi connectivity index (χ0n) is 14.0. The van der Waals surface area contributed by atoms with E-state index in [9.17, 15) is 4.79 Å². The Labute approximate surface area is 134 Å². The number of hydrogen-bond acceptors (Lipinski definition) is 3. The number of carbonyl (C=O) groups is 1. The van der Waals surface area contributed by atoms with Crippen LogP contribution in [0.4, 0.5) is 0 Å². The Hall–Kier alpha value is -1.39. The van der Waals surface area contributed by atoms with E-state index < -0.39 is 0 Å². The zero-order valence-corrected chi connectivity index (χ0v) is 14.0. The average Bonchev–Trinajstić information content (AvgIpc) is 2.90. The molecule has 0 spiro atoms. The van der Waals surface area contributed by atoms with Crippen LogP contribution in [0.1, 0.15) is 32.3 Å². The van der Waals surface area contributed by atoms with E-state index in [4.69, 9.17) is 5.73 Å². The van der Waals surface area contributed by atoms with Crippen LogP contribution in [-0.4, -0.2) is 43.0 Å². The molecule has 3 atom stereocenters. The number of carbonyl (C=O) groups excluding carboxylic acids is 1. The van der Waals surface area contributed by atoms with Crippen LogP contribution in [0, 0.1) is 11.8 Å². The highest BCUT2D eigenvalue weighted by Gasteiger charge is 2.33. The van der Waals surface area contributed by atoms with E-state index in [1.54, 1.807) is 0 Å². The minimum atomic E-state index is 0.116. The maximum Gasteiger partial charge on any atom is 0.234 e. The molecular weight excluding hydrogens is 274 g/mol. The van der Waals surface area contributed by atoms with Gasteiger partial charge >= 0.3 is 0 Å². The van der Waals surface area contributed by atoms with Crippen LogP contribution in [0.3, 0.4) is 0 Å². The summed E-state index contributed by atoms with van der Waals surface area (Å²) in [5.41, 5.74) is 7.28. The molecule has 0 aromatic heterocycles. The number of nitrogens with zero attached hydrogens (tertiary/aromatic N) is 1. The van der Waals surface area contributed by atoms with Gasteiger partial charge in [-0.3, -0.25) is 9.69 Å². The second-order valence-electron chi connectivity index (χ2n) is 6.81. The average molecular weight is 303 g/mol. The summed E-state index contributed by atoms with van der Waals surface area (Å²) in [4.78, 5) is 14.4. The number of hydrogen-bond donors (Lipinski definition) is 2. The van der Waals surface area contributed by atoms with E-state index in [-0.39, 0.29) is 11.9 Å². The van der Waals surface area contributed by atoms with Gasteiger partial charge in [-0.1, -0.05) is 44.2 Å². The second-order valence-corrected chi connectivity index (χ2v) is 6.81. The van der Waals surface area contributed by atoms with Crippen molar-refractivity contribution in [1.82, 2.24) is 10.2 Å². The largest absolute Gasteiger partial charge is 0.352 e.